The molecule has 0 saturated heterocycles. The minimum absolute atomic E-state index is 0. The van der Waals surface area contributed by atoms with Gasteiger partial charge < -0.3 is 4.18 Å². The summed E-state index contributed by atoms with van der Waals surface area (Å²) in [5.41, 5.74) is 5.84. The predicted octanol–water partition coefficient (Wildman–Crippen LogP) is 3.53. The summed E-state index contributed by atoms with van der Waals surface area (Å²) in [6.45, 7) is 5.67. The molecular weight excluding hydrogens is 787 g/mol. The van der Waals surface area contributed by atoms with Crippen LogP contribution in [0.5, 0.6) is 5.75 Å². The molecule has 0 aliphatic rings. The Kier molecular flexibility index (Phi) is 14.1. The third kappa shape index (κ3) is 10.8. The Morgan fingerprint density at radius 1 is 0.491 bits per heavy atom. The molecule has 0 amide bonds. The molecule has 18 heteroatoms. The summed E-state index contributed by atoms with van der Waals surface area (Å²) >= 11 is 0. The molecule has 0 radical (unpaired) electrons. The molecule has 2 N–H and O–H groups in total. The van der Waals surface area contributed by atoms with E-state index in [9.17, 15) is 34.4 Å². The van der Waals surface area contributed by atoms with Crippen molar-refractivity contribution in [2.75, 3.05) is 0 Å². The zero-order valence-electron chi connectivity index (χ0n) is 30.2. The van der Waals surface area contributed by atoms with Crippen LogP contribution in [0.25, 0.3) is 21.9 Å². The summed E-state index contributed by atoms with van der Waals surface area (Å²) in [6, 6.07) is 29.4. The molecule has 6 aromatic rings. The van der Waals surface area contributed by atoms with Crippen LogP contribution in [0.2, 0.25) is 0 Å². The van der Waals surface area contributed by atoms with Crippen molar-refractivity contribution >= 4 is 63.9 Å². The van der Waals surface area contributed by atoms with Gasteiger partial charge in [-0.1, -0.05) is 35.9 Å². The molecular formula is C37H30N4Na2O9S3+2. The number of hydrogen-bond donors (Lipinski definition) is 2. The zero-order valence-corrected chi connectivity index (χ0v) is 36.7. The molecule has 13 nitrogen and oxygen atoms in total. The second-order valence-corrected chi connectivity index (χ2v) is 16.4. The molecule has 6 rings (SSSR count). The van der Waals surface area contributed by atoms with E-state index in [0.29, 0.717) is 22.4 Å². The van der Waals surface area contributed by atoms with Crippen LogP contribution in [0, 0.1) is 20.8 Å². The Morgan fingerprint density at radius 2 is 1.00 bits per heavy atom. The van der Waals surface area contributed by atoms with Gasteiger partial charge in [0.2, 0.25) is 0 Å². The summed E-state index contributed by atoms with van der Waals surface area (Å²) in [4.78, 5) is -0.964. The van der Waals surface area contributed by atoms with Crippen molar-refractivity contribution in [3.8, 4) is 16.9 Å². The second kappa shape index (κ2) is 17.7. The Bertz CT molecular complexity index is 2800. The van der Waals surface area contributed by atoms with E-state index in [1.165, 1.54) is 36.4 Å². The molecule has 0 heterocycles. The van der Waals surface area contributed by atoms with Gasteiger partial charge in [0.05, 0.1) is 22.0 Å². The maximum absolute atomic E-state index is 12.6. The number of azo groups is 2. The van der Waals surface area contributed by atoms with Crippen LogP contribution < -0.4 is 63.3 Å². The van der Waals surface area contributed by atoms with E-state index in [-0.39, 0.29) is 80.8 Å². The van der Waals surface area contributed by atoms with Crippen LogP contribution in [-0.2, 0) is 30.4 Å². The largest absolute Gasteiger partial charge is 1.00 e. The van der Waals surface area contributed by atoms with Crippen LogP contribution in [0.15, 0.2) is 150 Å². The van der Waals surface area contributed by atoms with Gasteiger partial charge in [0, 0.05) is 0 Å². The van der Waals surface area contributed by atoms with Gasteiger partial charge >= 0.3 is 69.2 Å². The van der Waals surface area contributed by atoms with Gasteiger partial charge in [-0.25, -0.2) is 0 Å². The minimum Gasteiger partial charge on any atom is -0.379 e. The van der Waals surface area contributed by atoms with E-state index in [1.54, 1.807) is 42.5 Å². The molecule has 0 atom stereocenters. The number of rotatable bonds is 10. The van der Waals surface area contributed by atoms with Crippen LogP contribution in [0.4, 0.5) is 22.7 Å². The Balaban J connectivity index is 0.00000336. The minimum atomic E-state index is -4.78. The van der Waals surface area contributed by atoms with Crippen molar-refractivity contribution in [3.63, 3.8) is 0 Å². The molecule has 0 aliphatic carbocycles. The summed E-state index contributed by atoms with van der Waals surface area (Å²) < 4.78 is 97.0. The summed E-state index contributed by atoms with van der Waals surface area (Å²) in [7, 11) is -13.3. The van der Waals surface area contributed by atoms with Gasteiger partial charge in [-0.15, -0.1) is 5.11 Å². The first-order valence-corrected chi connectivity index (χ1v) is 19.9. The van der Waals surface area contributed by atoms with E-state index in [4.69, 9.17) is 4.18 Å². The first kappa shape index (κ1) is 44.1. The first-order chi connectivity index (χ1) is 25.0. The van der Waals surface area contributed by atoms with Gasteiger partial charge in [-0.2, -0.15) is 40.6 Å². The van der Waals surface area contributed by atoms with Crippen LogP contribution in [0.3, 0.4) is 0 Å². The standard InChI is InChI=1S/C37H30N4O9S3.2Na/c1-23-4-13-32(14-5-23)53(48,49)50-31-11-7-28(8-12-31)38-39-29-9-16-34(24(2)18-29)35-17-10-30(19-25(35)3)40-41-36-21-26-6-15-33(51(42,43)44)20-27(26)22-37(36)52(45,46)47;;/h4-22H,1-3H3,(H,42,43,44)(H,45,46,47);;/q;2*+1. The summed E-state index contributed by atoms with van der Waals surface area (Å²) in [6.07, 6.45) is 0. The molecule has 0 saturated carbocycles. The van der Waals surface area contributed by atoms with E-state index in [2.05, 4.69) is 20.5 Å². The van der Waals surface area contributed by atoms with Crippen molar-refractivity contribution in [1.82, 2.24) is 0 Å². The van der Waals surface area contributed by atoms with E-state index < -0.39 is 40.1 Å². The summed E-state index contributed by atoms with van der Waals surface area (Å²) in [5.74, 6) is 0.142. The van der Waals surface area contributed by atoms with Crippen molar-refractivity contribution in [3.05, 3.63) is 132 Å². The normalized spacial score (nSPS) is 12.1. The summed E-state index contributed by atoms with van der Waals surface area (Å²) in [5, 5.41) is 17.4. The topological polar surface area (TPSA) is 202 Å². The van der Waals surface area contributed by atoms with Crippen molar-refractivity contribution < 1.29 is 97.7 Å². The Hall–Kier alpha value is -3.65. The maximum atomic E-state index is 12.6. The van der Waals surface area contributed by atoms with Gasteiger partial charge in [-0.05, 0) is 139 Å². The molecule has 6 aromatic carbocycles. The Morgan fingerprint density at radius 3 is 1.53 bits per heavy atom. The molecule has 0 aromatic heterocycles. The Labute approximate surface area is 362 Å². The van der Waals surface area contributed by atoms with Gasteiger partial charge in [0.25, 0.3) is 20.2 Å². The molecule has 0 aliphatic heterocycles. The van der Waals surface area contributed by atoms with Gasteiger partial charge in [0.1, 0.15) is 21.2 Å². The first-order valence-electron chi connectivity index (χ1n) is 15.7. The molecule has 270 valence electrons. The fraction of sp³-hybridized carbons (Fsp3) is 0.0811. The monoisotopic (exact) mass is 816 g/mol. The van der Waals surface area contributed by atoms with Gasteiger partial charge in [-0.3, -0.25) is 9.11 Å². The number of fused-ring (bicyclic) bond motifs is 1. The zero-order chi connectivity index (χ0) is 38.1. The van der Waals surface area contributed by atoms with Crippen LogP contribution in [-0.4, -0.2) is 34.4 Å². The fourth-order valence-electron chi connectivity index (χ4n) is 5.39. The third-order valence-electron chi connectivity index (χ3n) is 8.08. The molecule has 0 fully saturated rings. The number of aryl methyl sites for hydroxylation is 3. The average Bonchev–Trinajstić information content (AvgIpc) is 3.09. The maximum Gasteiger partial charge on any atom is 1.00 e. The molecule has 0 unspecified atom stereocenters. The average molecular weight is 817 g/mol. The van der Waals surface area contributed by atoms with E-state index in [1.807, 2.05) is 39.0 Å². The number of nitrogens with zero attached hydrogens (tertiary/aromatic N) is 4. The molecule has 55 heavy (non-hydrogen) atoms. The number of hydrogen-bond acceptors (Lipinski definition) is 11. The van der Waals surface area contributed by atoms with Gasteiger partial charge in [0.15, 0.2) is 0 Å². The second-order valence-electron chi connectivity index (χ2n) is 12.0. The third-order valence-corrected chi connectivity index (χ3v) is 11.1. The predicted molar refractivity (Wildman–Crippen MR) is 199 cm³/mol. The van der Waals surface area contributed by atoms with Crippen LogP contribution in [0.1, 0.15) is 16.7 Å². The quantitative estimate of drug-likeness (QED) is 0.0898. The van der Waals surface area contributed by atoms with E-state index >= 15 is 0 Å². The van der Waals surface area contributed by atoms with Crippen molar-refractivity contribution in [2.45, 2.75) is 35.5 Å². The van der Waals surface area contributed by atoms with E-state index in [0.717, 1.165) is 46.0 Å². The van der Waals surface area contributed by atoms with Crippen LogP contribution >= 0.6 is 0 Å². The SMILES string of the molecule is Cc1ccc(S(=O)(=O)Oc2ccc(N=Nc3ccc(-c4ccc(N=Nc5cc6ccc(S(=O)(=O)O)cc6cc5S(=O)(=O)O)cc4C)c(C)c3)cc2)cc1.[Na+].[Na+]. The molecule has 0 bridgehead atoms. The number of benzene rings is 6. The van der Waals surface area contributed by atoms with Crippen molar-refractivity contribution in [2.24, 2.45) is 20.5 Å². The van der Waals surface area contributed by atoms with Crippen molar-refractivity contribution in [1.29, 1.82) is 0 Å². The molecule has 0 spiro atoms. The smallest absolute Gasteiger partial charge is 0.379 e. The fourth-order valence-corrected chi connectivity index (χ4v) is 7.47.